The number of rotatable bonds is 21. The average molecular weight is 563 g/mol. The monoisotopic (exact) mass is 562 g/mol. The Hall–Kier alpha value is -1.92. The quantitative estimate of drug-likeness (QED) is 0.201. The zero-order chi connectivity index (χ0) is 28.4. The standard InChI is InChI=1S/C31H46O9/c1-5-33-27(34-6-2)22-38-29-26(21-32-19-24-15-11-9-12-16-24)40-31(39-23-28(35-7-3)36-8-4)30(29)37-20-25-17-13-10-14-18-25/h9-18,26-31H,5-8,19-23H2,1-4H3/t26-,29-,30-,31+/m1/s1. The van der Waals surface area contributed by atoms with E-state index in [1.54, 1.807) is 0 Å². The van der Waals surface area contributed by atoms with Crippen LogP contribution in [0.15, 0.2) is 60.7 Å². The van der Waals surface area contributed by atoms with E-state index in [0.29, 0.717) is 46.2 Å². The molecule has 0 aromatic heterocycles. The van der Waals surface area contributed by atoms with Gasteiger partial charge in [0.1, 0.15) is 24.9 Å². The van der Waals surface area contributed by atoms with Gasteiger partial charge in [-0.2, -0.15) is 0 Å². The fourth-order valence-electron chi connectivity index (χ4n) is 4.37. The normalized spacial score (nSPS) is 21.1. The highest BCUT2D eigenvalue weighted by Crippen LogP contribution is 2.30. The molecule has 9 nitrogen and oxygen atoms in total. The average Bonchev–Trinajstić information content (AvgIpc) is 3.31. The van der Waals surface area contributed by atoms with Crippen molar-refractivity contribution in [2.75, 3.05) is 46.2 Å². The van der Waals surface area contributed by atoms with Crippen molar-refractivity contribution in [1.29, 1.82) is 0 Å². The van der Waals surface area contributed by atoms with Crippen LogP contribution in [-0.4, -0.2) is 83.4 Å². The van der Waals surface area contributed by atoms with Gasteiger partial charge in [0.2, 0.25) is 0 Å². The zero-order valence-corrected chi connectivity index (χ0v) is 24.3. The molecule has 2 aromatic rings. The Morgan fingerprint density at radius 1 is 0.600 bits per heavy atom. The van der Waals surface area contributed by atoms with Gasteiger partial charge in [-0.15, -0.1) is 0 Å². The molecular formula is C31H46O9. The van der Waals surface area contributed by atoms with Gasteiger partial charge in [-0.05, 0) is 38.8 Å². The van der Waals surface area contributed by atoms with E-state index >= 15 is 0 Å². The predicted octanol–water partition coefficient (Wildman–Crippen LogP) is 4.71. The van der Waals surface area contributed by atoms with Crippen molar-refractivity contribution in [3.63, 3.8) is 0 Å². The number of ether oxygens (including phenoxy) is 9. The molecular weight excluding hydrogens is 516 g/mol. The van der Waals surface area contributed by atoms with Crippen LogP contribution in [0.25, 0.3) is 0 Å². The Balaban J connectivity index is 1.75. The Labute approximate surface area is 238 Å². The minimum absolute atomic E-state index is 0.183. The largest absolute Gasteiger partial charge is 0.374 e. The summed E-state index contributed by atoms with van der Waals surface area (Å²) >= 11 is 0. The molecule has 40 heavy (non-hydrogen) atoms. The summed E-state index contributed by atoms with van der Waals surface area (Å²) in [5.41, 5.74) is 2.11. The van der Waals surface area contributed by atoms with Crippen molar-refractivity contribution in [3.05, 3.63) is 71.8 Å². The first kappa shape index (κ1) is 32.6. The van der Waals surface area contributed by atoms with E-state index in [2.05, 4.69) is 0 Å². The molecule has 0 saturated carbocycles. The van der Waals surface area contributed by atoms with E-state index in [1.165, 1.54) is 0 Å². The van der Waals surface area contributed by atoms with Gasteiger partial charge >= 0.3 is 0 Å². The van der Waals surface area contributed by atoms with Crippen LogP contribution in [0.1, 0.15) is 38.8 Å². The molecule has 1 aliphatic rings. The fourth-order valence-corrected chi connectivity index (χ4v) is 4.37. The van der Waals surface area contributed by atoms with Crippen molar-refractivity contribution in [2.45, 2.75) is 78.1 Å². The molecule has 0 aliphatic carbocycles. The van der Waals surface area contributed by atoms with E-state index in [-0.39, 0.29) is 13.2 Å². The van der Waals surface area contributed by atoms with Gasteiger partial charge in [-0.1, -0.05) is 60.7 Å². The first-order chi connectivity index (χ1) is 19.7. The molecule has 1 aliphatic heterocycles. The van der Waals surface area contributed by atoms with Crippen LogP contribution in [0, 0.1) is 0 Å². The molecule has 1 fully saturated rings. The molecule has 0 spiro atoms. The molecule has 1 saturated heterocycles. The third kappa shape index (κ3) is 11.2. The number of hydrogen-bond donors (Lipinski definition) is 0. The molecule has 4 atom stereocenters. The van der Waals surface area contributed by atoms with Gasteiger partial charge < -0.3 is 42.6 Å². The second-order valence-electron chi connectivity index (χ2n) is 9.12. The van der Waals surface area contributed by atoms with Gasteiger partial charge in [0, 0.05) is 26.4 Å². The lowest BCUT2D eigenvalue weighted by molar-refractivity contribution is -0.234. The van der Waals surface area contributed by atoms with Gasteiger partial charge in [-0.3, -0.25) is 0 Å². The predicted molar refractivity (Wildman–Crippen MR) is 150 cm³/mol. The summed E-state index contributed by atoms with van der Waals surface area (Å²) in [6, 6.07) is 20.0. The van der Waals surface area contributed by atoms with Crippen LogP contribution >= 0.6 is 0 Å². The minimum atomic E-state index is -0.722. The zero-order valence-electron chi connectivity index (χ0n) is 24.3. The summed E-state index contributed by atoms with van der Waals surface area (Å²) in [6.45, 7) is 11.2. The molecule has 2 aromatic carbocycles. The van der Waals surface area contributed by atoms with Crippen molar-refractivity contribution >= 4 is 0 Å². The molecule has 1 heterocycles. The highest BCUT2D eigenvalue weighted by Gasteiger charge is 2.48. The molecule has 3 rings (SSSR count). The highest BCUT2D eigenvalue weighted by atomic mass is 16.8. The summed E-state index contributed by atoms with van der Waals surface area (Å²) in [5.74, 6) is 0. The van der Waals surface area contributed by atoms with Gasteiger partial charge in [0.15, 0.2) is 18.9 Å². The number of hydrogen-bond acceptors (Lipinski definition) is 9. The van der Waals surface area contributed by atoms with Crippen LogP contribution in [0.5, 0.6) is 0 Å². The highest BCUT2D eigenvalue weighted by molar-refractivity contribution is 5.14. The lowest BCUT2D eigenvalue weighted by atomic mass is 10.1. The maximum atomic E-state index is 6.42. The first-order valence-corrected chi connectivity index (χ1v) is 14.3. The van der Waals surface area contributed by atoms with E-state index in [4.69, 9.17) is 42.6 Å². The molecule has 9 heteroatoms. The fraction of sp³-hybridized carbons (Fsp3) is 0.613. The lowest BCUT2D eigenvalue weighted by Crippen LogP contribution is -2.42. The molecule has 0 radical (unpaired) electrons. The van der Waals surface area contributed by atoms with Crippen LogP contribution in [-0.2, 0) is 55.8 Å². The third-order valence-electron chi connectivity index (χ3n) is 6.18. The molecule has 0 N–H and O–H groups in total. The lowest BCUT2D eigenvalue weighted by Gasteiger charge is -2.27. The van der Waals surface area contributed by atoms with Gasteiger partial charge in [0.05, 0.1) is 26.4 Å². The molecule has 224 valence electrons. The topological polar surface area (TPSA) is 83.1 Å². The molecule has 0 amide bonds. The van der Waals surface area contributed by atoms with Crippen LogP contribution in [0.2, 0.25) is 0 Å². The second-order valence-corrected chi connectivity index (χ2v) is 9.12. The van der Waals surface area contributed by atoms with Gasteiger partial charge in [-0.25, -0.2) is 0 Å². The molecule has 0 unspecified atom stereocenters. The Morgan fingerprint density at radius 3 is 1.62 bits per heavy atom. The second kappa shape index (κ2) is 19.2. The smallest absolute Gasteiger partial charge is 0.187 e. The summed E-state index contributed by atoms with van der Waals surface area (Å²) in [6.07, 6.45) is -3.22. The maximum Gasteiger partial charge on any atom is 0.187 e. The Kier molecular flexibility index (Phi) is 15.7. The van der Waals surface area contributed by atoms with E-state index in [0.717, 1.165) is 11.1 Å². The first-order valence-electron chi connectivity index (χ1n) is 14.3. The van der Waals surface area contributed by atoms with Gasteiger partial charge in [0.25, 0.3) is 0 Å². The van der Waals surface area contributed by atoms with Crippen molar-refractivity contribution in [3.8, 4) is 0 Å². The summed E-state index contributed by atoms with van der Waals surface area (Å²) in [7, 11) is 0. The summed E-state index contributed by atoms with van der Waals surface area (Å²) in [5, 5.41) is 0. The molecule has 0 bridgehead atoms. The van der Waals surface area contributed by atoms with Crippen molar-refractivity contribution < 1.29 is 42.6 Å². The van der Waals surface area contributed by atoms with Crippen LogP contribution in [0.3, 0.4) is 0 Å². The van der Waals surface area contributed by atoms with Crippen molar-refractivity contribution in [1.82, 2.24) is 0 Å². The van der Waals surface area contributed by atoms with E-state index < -0.39 is 37.2 Å². The summed E-state index contributed by atoms with van der Waals surface area (Å²) < 4.78 is 54.3. The minimum Gasteiger partial charge on any atom is -0.374 e. The maximum absolute atomic E-state index is 6.42. The van der Waals surface area contributed by atoms with Crippen molar-refractivity contribution in [2.24, 2.45) is 0 Å². The van der Waals surface area contributed by atoms with Crippen LogP contribution in [0.4, 0.5) is 0 Å². The third-order valence-corrected chi connectivity index (χ3v) is 6.18. The van der Waals surface area contributed by atoms with E-state index in [9.17, 15) is 0 Å². The van der Waals surface area contributed by atoms with Crippen LogP contribution < -0.4 is 0 Å². The summed E-state index contributed by atoms with van der Waals surface area (Å²) in [4.78, 5) is 0. The van der Waals surface area contributed by atoms with E-state index in [1.807, 2.05) is 88.4 Å². The number of benzene rings is 2. The Bertz CT molecular complexity index is 873. The Morgan fingerprint density at radius 2 is 1.10 bits per heavy atom. The SMILES string of the molecule is CCOC(CO[C@H]1O[C@H](COCc2ccccc2)[C@@H](OCC(OCC)OCC)[C@H]1OCc1ccccc1)OCC.